The van der Waals surface area contributed by atoms with E-state index < -0.39 is 51.5 Å². The van der Waals surface area contributed by atoms with Crippen molar-refractivity contribution >= 4 is 33.2 Å². The first-order chi connectivity index (χ1) is 15.1. The predicted molar refractivity (Wildman–Crippen MR) is 120 cm³/mol. The molecule has 0 aromatic heterocycles. The van der Waals surface area contributed by atoms with E-state index in [-0.39, 0.29) is 5.02 Å². The summed E-state index contributed by atoms with van der Waals surface area (Å²) >= 11 is 6.02. The average molecular weight is 505 g/mol. The van der Waals surface area contributed by atoms with Crippen LogP contribution in [-0.2, 0) is 21.0 Å². The summed E-state index contributed by atoms with van der Waals surface area (Å²) in [4.78, 5) is 12.9. The van der Waals surface area contributed by atoms with E-state index in [1.165, 1.54) is 0 Å². The number of anilines is 1. The Hall–Kier alpha value is -2.46. The molecule has 0 aliphatic carbocycles. The highest BCUT2D eigenvalue weighted by molar-refractivity contribution is 7.92. The van der Waals surface area contributed by atoms with Gasteiger partial charge in [-0.1, -0.05) is 23.7 Å². The SMILES string of the molecule is Cc1ccc2c(c1)OC(C)(C)CC2NC(=O)CN(c1cc(C(F)(F)F)ccc1Cl)S(C)(=O)=O. The second-order valence-electron chi connectivity index (χ2n) is 8.66. The summed E-state index contributed by atoms with van der Waals surface area (Å²) in [5, 5.41) is 2.57. The normalized spacial score (nSPS) is 17.6. The molecule has 0 spiro atoms. The molecule has 180 valence electrons. The number of hydrogen-bond donors (Lipinski definition) is 1. The maximum atomic E-state index is 13.2. The fraction of sp³-hybridized carbons (Fsp3) is 0.409. The Morgan fingerprint density at radius 1 is 1.24 bits per heavy atom. The van der Waals surface area contributed by atoms with Gasteiger partial charge in [-0.05, 0) is 50.6 Å². The van der Waals surface area contributed by atoms with Crippen LogP contribution in [-0.4, -0.2) is 32.7 Å². The lowest BCUT2D eigenvalue weighted by atomic mass is 9.89. The van der Waals surface area contributed by atoms with E-state index in [1.54, 1.807) is 0 Å². The first-order valence-corrected chi connectivity index (χ1v) is 12.2. The van der Waals surface area contributed by atoms with E-state index in [0.717, 1.165) is 29.5 Å². The lowest BCUT2D eigenvalue weighted by Crippen LogP contribution is -2.45. The van der Waals surface area contributed by atoms with Gasteiger partial charge in [-0.3, -0.25) is 9.10 Å². The number of carbonyl (C=O) groups is 1. The number of nitrogens with one attached hydrogen (secondary N) is 1. The van der Waals surface area contributed by atoms with Crippen LogP contribution in [0.4, 0.5) is 18.9 Å². The monoisotopic (exact) mass is 504 g/mol. The van der Waals surface area contributed by atoms with E-state index in [4.69, 9.17) is 16.3 Å². The molecule has 1 atom stereocenters. The van der Waals surface area contributed by atoms with Crippen molar-refractivity contribution in [1.29, 1.82) is 0 Å². The molecule has 3 rings (SSSR count). The summed E-state index contributed by atoms with van der Waals surface area (Å²) in [6, 6.07) is 7.38. The lowest BCUT2D eigenvalue weighted by Gasteiger charge is -2.38. The number of rotatable bonds is 5. The first-order valence-electron chi connectivity index (χ1n) is 10.0. The van der Waals surface area contributed by atoms with Crippen molar-refractivity contribution in [3.8, 4) is 5.75 Å². The number of amides is 1. The molecule has 11 heteroatoms. The van der Waals surface area contributed by atoms with Gasteiger partial charge in [0.15, 0.2) is 0 Å². The minimum absolute atomic E-state index is 0.228. The van der Waals surface area contributed by atoms with Crippen LogP contribution in [0.5, 0.6) is 5.75 Å². The Labute approximate surface area is 195 Å². The minimum atomic E-state index is -4.71. The van der Waals surface area contributed by atoms with Crippen molar-refractivity contribution in [2.45, 2.75) is 45.0 Å². The van der Waals surface area contributed by atoms with Crippen LogP contribution in [0.25, 0.3) is 0 Å². The van der Waals surface area contributed by atoms with E-state index in [2.05, 4.69) is 5.32 Å². The zero-order valence-corrected chi connectivity index (χ0v) is 20.0. The Bertz CT molecular complexity index is 1180. The molecule has 33 heavy (non-hydrogen) atoms. The van der Waals surface area contributed by atoms with Crippen LogP contribution in [0.1, 0.15) is 43.0 Å². The fourth-order valence-electron chi connectivity index (χ4n) is 3.72. The minimum Gasteiger partial charge on any atom is -0.487 e. The zero-order valence-electron chi connectivity index (χ0n) is 18.5. The van der Waals surface area contributed by atoms with Crippen LogP contribution in [0.2, 0.25) is 5.02 Å². The number of aryl methyl sites for hydroxylation is 1. The smallest absolute Gasteiger partial charge is 0.416 e. The lowest BCUT2D eigenvalue weighted by molar-refractivity contribution is -0.137. The molecule has 1 unspecified atom stereocenters. The van der Waals surface area contributed by atoms with Gasteiger partial charge >= 0.3 is 6.18 Å². The van der Waals surface area contributed by atoms with Crippen molar-refractivity contribution < 1.29 is 31.1 Å². The maximum Gasteiger partial charge on any atom is 0.416 e. The maximum absolute atomic E-state index is 13.2. The number of nitrogens with zero attached hydrogens (tertiary/aromatic N) is 1. The highest BCUT2D eigenvalue weighted by Gasteiger charge is 2.36. The van der Waals surface area contributed by atoms with Crippen molar-refractivity contribution in [3.05, 3.63) is 58.1 Å². The number of ether oxygens (including phenoxy) is 1. The Morgan fingerprint density at radius 2 is 1.91 bits per heavy atom. The molecule has 1 aliphatic heterocycles. The molecule has 0 bridgehead atoms. The summed E-state index contributed by atoms with van der Waals surface area (Å²) in [6.45, 7) is 4.89. The third kappa shape index (κ3) is 5.92. The third-order valence-electron chi connectivity index (χ3n) is 5.19. The number of sulfonamides is 1. The second-order valence-corrected chi connectivity index (χ2v) is 11.0. The molecule has 6 nitrogen and oxygen atoms in total. The zero-order chi connectivity index (χ0) is 24.8. The average Bonchev–Trinajstić information content (AvgIpc) is 2.63. The topological polar surface area (TPSA) is 75.7 Å². The number of alkyl halides is 3. The summed E-state index contributed by atoms with van der Waals surface area (Å²) < 4.78 is 70.9. The summed E-state index contributed by atoms with van der Waals surface area (Å²) in [6.07, 6.45) is -3.50. The molecule has 0 saturated heterocycles. The van der Waals surface area contributed by atoms with E-state index >= 15 is 0 Å². The number of carbonyl (C=O) groups excluding carboxylic acids is 1. The highest BCUT2D eigenvalue weighted by atomic mass is 35.5. The van der Waals surface area contributed by atoms with Gasteiger partial charge in [0, 0.05) is 12.0 Å². The van der Waals surface area contributed by atoms with Crippen LogP contribution >= 0.6 is 11.6 Å². The van der Waals surface area contributed by atoms with Gasteiger partial charge in [-0.25, -0.2) is 8.42 Å². The number of halogens is 4. The van der Waals surface area contributed by atoms with Crippen molar-refractivity contribution in [2.24, 2.45) is 0 Å². The standard InChI is InChI=1S/C22H24ClF3N2O4S/c1-13-5-7-15-17(11-21(2,3)32-19(15)9-13)27-20(29)12-28(33(4,30)31)18-10-14(22(24,25)26)6-8-16(18)23/h5-10,17H,11-12H2,1-4H3,(H,27,29). The summed E-state index contributed by atoms with van der Waals surface area (Å²) in [5.74, 6) is -0.0828. The van der Waals surface area contributed by atoms with Gasteiger partial charge in [0.25, 0.3) is 0 Å². The molecule has 1 amide bonds. The van der Waals surface area contributed by atoms with Crippen LogP contribution in [0.3, 0.4) is 0 Å². The third-order valence-corrected chi connectivity index (χ3v) is 6.64. The van der Waals surface area contributed by atoms with Crippen LogP contribution in [0, 0.1) is 6.92 Å². The van der Waals surface area contributed by atoms with Crippen molar-refractivity contribution in [1.82, 2.24) is 5.32 Å². The van der Waals surface area contributed by atoms with Crippen LogP contribution < -0.4 is 14.4 Å². The first kappa shape index (κ1) is 25.2. The molecule has 0 saturated carbocycles. The molecular formula is C22H24ClF3N2O4S. The molecule has 1 aliphatic rings. The van der Waals surface area contributed by atoms with Gasteiger partial charge in [0.05, 0.1) is 28.6 Å². The summed E-state index contributed by atoms with van der Waals surface area (Å²) in [5.41, 5.74) is -0.395. The predicted octanol–water partition coefficient (Wildman–Crippen LogP) is 4.85. The largest absolute Gasteiger partial charge is 0.487 e. The molecule has 2 aromatic carbocycles. The van der Waals surface area contributed by atoms with Gasteiger partial charge in [-0.15, -0.1) is 0 Å². The Morgan fingerprint density at radius 3 is 2.52 bits per heavy atom. The number of benzene rings is 2. The second kappa shape index (κ2) is 8.72. The van der Waals surface area contributed by atoms with Crippen molar-refractivity contribution in [2.75, 3.05) is 17.1 Å². The van der Waals surface area contributed by atoms with Crippen molar-refractivity contribution in [3.63, 3.8) is 0 Å². The van der Waals surface area contributed by atoms with Gasteiger partial charge < -0.3 is 10.1 Å². The highest BCUT2D eigenvalue weighted by Crippen LogP contribution is 2.40. The quantitative estimate of drug-likeness (QED) is 0.631. The molecule has 0 fully saturated rings. The summed E-state index contributed by atoms with van der Waals surface area (Å²) in [7, 11) is -4.13. The molecule has 0 radical (unpaired) electrons. The molecule has 1 heterocycles. The molecular weight excluding hydrogens is 481 g/mol. The van der Waals surface area contributed by atoms with Gasteiger partial charge in [0.1, 0.15) is 17.9 Å². The Kier molecular flexibility index (Phi) is 6.65. The number of fused-ring (bicyclic) bond motifs is 1. The van der Waals surface area contributed by atoms with Gasteiger partial charge in [0.2, 0.25) is 15.9 Å². The van der Waals surface area contributed by atoms with E-state index in [1.807, 2.05) is 39.0 Å². The van der Waals surface area contributed by atoms with E-state index in [0.29, 0.717) is 22.5 Å². The number of hydrogen-bond acceptors (Lipinski definition) is 4. The van der Waals surface area contributed by atoms with E-state index in [9.17, 15) is 26.4 Å². The van der Waals surface area contributed by atoms with Gasteiger partial charge in [-0.2, -0.15) is 13.2 Å². The fourth-order valence-corrected chi connectivity index (χ4v) is 4.85. The van der Waals surface area contributed by atoms with Crippen LogP contribution in [0.15, 0.2) is 36.4 Å². The molecule has 2 aromatic rings. The molecule has 1 N–H and O–H groups in total. The Balaban J connectivity index is 1.91.